The molecule has 8 heteroatoms. The largest absolute Gasteiger partial charge is 0.480 e. The van der Waals surface area contributed by atoms with Crippen LogP contribution in [0.5, 0.6) is 0 Å². The number of nitrogens with zero attached hydrogens (tertiary/aromatic N) is 2. The maximum atomic E-state index is 13.4. The number of aromatic amines is 1. The fourth-order valence-electron chi connectivity index (χ4n) is 5.34. The van der Waals surface area contributed by atoms with Crippen LogP contribution in [0.25, 0.3) is 10.9 Å². The number of H-pyrrole nitrogens is 1. The molecule has 1 aromatic carbocycles. The second-order valence-corrected chi connectivity index (χ2v) is 8.54. The lowest BCUT2D eigenvalue weighted by atomic mass is 9.86. The van der Waals surface area contributed by atoms with E-state index in [4.69, 9.17) is 5.11 Å². The van der Waals surface area contributed by atoms with Crippen molar-refractivity contribution in [2.75, 3.05) is 13.1 Å². The highest BCUT2D eigenvalue weighted by Crippen LogP contribution is 2.42. The monoisotopic (exact) mass is 410 g/mol. The van der Waals surface area contributed by atoms with Crippen molar-refractivity contribution in [3.63, 3.8) is 0 Å². The van der Waals surface area contributed by atoms with Crippen LogP contribution in [-0.2, 0) is 20.8 Å². The molecular formula is C22H26N4O4. The highest BCUT2D eigenvalue weighted by Gasteiger charge is 2.52. The highest BCUT2D eigenvalue weighted by atomic mass is 16.4. The zero-order valence-corrected chi connectivity index (χ0v) is 16.9. The molecule has 0 aliphatic carbocycles. The van der Waals surface area contributed by atoms with Gasteiger partial charge in [0.05, 0.1) is 6.04 Å². The van der Waals surface area contributed by atoms with Crippen LogP contribution in [0.1, 0.15) is 43.5 Å². The number of carbonyl (C=O) groups excluding carboxylic acids is 2. The van der Waals surface area contributed by atoms with Gasteiger partial charge in [0.2, 0.25) is 11.8 Å². The van der Waals surface area contributed by atoms with Crippen LogP contribution in [0, 0.1) is 0 Å². The molecule has 3 aliphatic heterocycles. The summed E-state index contributed by atoms with van der Waals surface area (Å²) < 4.78 is 0. The summed E-state index contributed by atoms with van der Waals surface area (Å²) in [4.78, 5) is 44.9. The summed E-state index contributed by atoms with van der Waals surface area (Å²) in [5.74, 6) is -0.837. The van der Waals surface area contributed by atoms with Gasteiger partial charge in [0.1, 0.15) is 18.1 Å². The third kappa shape index (κ3) is 2.81. The fourth-order valence-corrected chi connectivity index (χ4v) is 5.34. The Labute approximate surface area is 174 Å². The maximum absolute atomic E-state index is 13.4. The molecule has 5 rings (SSSR count). The van der Waals surface area contributed by atoms with E-state index < -0.39 is 18.1 Å². The molecule has 4 heterocycles. The Kier molecular flexibility index (Phi) is 4.54. The summed E-state index contributed by atoms with van der Waals surface area (Å²) in [6.07, 6.45) is 2.63. The molecule has 0 spiro atoms. The summed E-state index contributed by atoms with van der Waals surface area (Å²) in [7, 11) is 0. The van der Waals surface area contributed by atoms with Crippen molar-refractivity contribution in [1.82, 2.24) is 20.1 Å². The number of carbonyl (C=O) groups is 3. The van der Waals surface area contributed by atoms with Crippen molar-refractivity contribution in [3.8, 4) is 0 Å². The number of rotatable bonds is 5. The van der Waals surface area contributed by atoms with Gasteiger partial charge in [-0.25, -0.2) is 0 Å². The van der Waals surface area contributed by atoms with Gasteiger partial charge < -0.3 is 25.2 Å². The first-order valence-corrected chi connectivity index (χ1v) is 10.7. The van der Waals surface area contributed by atoms with E-state index in [2.05, 4.69) is 16.4 Å². The zero-order valence-electron chi connectivity index (χ0n) is 16.9. The highest BCUT2D eigenvalue weighted by molar-refractivity contribution is 5.99. The molecule has 0 radical (unpaired) electrons. The van der Waals surface area contributed by atoms with Gasteiger partial charge in [-0.05, 0) is 44.4 Å². The minimum absolute atomic E-state index is 0.0256. The molecule has 2 fully saturated rings. The minimum atomic E-state index is -0.909. The molecule has 3 N–H and O–H groups in total. The quantitative estimate of drug-likeness (QED) is 0.691. The van der Waals surface area contributed by atoms with E-state index in [0.717, 1.165) is 28.6 Å². The van der Waals surface area contributed by atoms with Crippen LogP contribution < -0.4 is 5.32 Å². The van der Waals surface area contributed by atoms with Crippen molar-refractivity contribution in [2.45, 2.75) is 56.8 Å². The SMILES string of the molecule is C[C@@H](NCC[C@@H]1c2[nH]c3ccccc3c2C[C@H]2C(=O)N3CCC[C@H]3C(=O)N12)C(=O)O. The Morgan fingerprint density at radius 3 is 2.87 bits per heavy atom. The lowest BCUT2D eigenvalue weighted by Crippen LogP contribution is -2.65. The Morgan fingerprint density at radius 2 is 2.07 bits per heavy atom. The van der Waals surface area contributed by atoms with Gasteiger partial charge in [-0.15, -0.1) is 0 Å². The maximum Gasteiger partial charge on any atom is 0.320 e. The fraction of sp³-hybridized carbons (Fsp3) is 0.500. The number of carboxylic acid groups (broad SMARTS) is 1. The topological polar surface area (TPSA) is 106 Å². The Balaban J connectivity index is 1.54. The van der Waals surface area contributed by atoms with Crippen LogP contribution in [0.4, 0.5) is 0 Å². The number of fused-ring (bicyclic) bond motifs is 5. The Hall–Kier alpha value is -2.87. The molecule has 2 saturated heterocycles. The van der Waals surface area contributed by atoms with E-state index in [-0.39, 0.29) is 23.9 Å². The second kappa shape index (κ2) is 7.12. The second-order valence-electron chi connectivity index (χ2n) is 8.54. The van der Waals surface area contributed by atoms with E-state index in [0.29, 0.717) is 32.4 Å². The molecule has 0 saturated carbocycles. The summed E-state index contributed by atoms with van der Waals surface area (Å²) >= 11 is 0. The Morgan fingerprint density at radius 1 is 1.27 bits per heavy atom. The number of benzene rings is 1. The lowest BCUT2D eigenvalue weighted by Gasteiger charge is -2.48. The van der Waals surface area contributed by atoms with Crippen molar-refractivity contribution in [3.05, 3.63) is 35.5 Å². The average molecular weight is 410 g/mol. The van der Waals surface area contributed by atoms with Gasteiger partial charge in [-0.1, -0.05) is 18.2 Å². The van der Waals surface area contributed by atoms with Gasteiger partial charge in [0, 0.05) is 29.6 Å². The number of para-hydroxylation sites is 1. The average Bonchev–Trinajstić information content (AvgIpc) is 3.36. The first-order chi connectivity index (χ1) is 14.5. The number of amides is 2. The third-order valence-corrected chi connectivity index (χ3v) is 6.85. The van der Waals surface area contributed by atoms with Crippen molar-refractivity contribution in [2.24, 2.45) is 0 Å². The molecule has 1 aromatic heterocycles. The van der Waals surface area contributed by atoms with Gasteiger partial charge in [0.15, 0.2) is 0 Å². The first kappa shape index (κ1) is 19.1. The normalized spacial score (nSPS) is 26.5. The van der Waals surface area contributed by atoms with E-state index in [1.54, 1.807) is 16.7 Å². The molecule has 158 valence electrons. The van der Waals surface area contributed by atoms with Gasteiger partial charge in [-0.2, -0.15) is 0 Å². The standard InChI is InChI=1S/C22H26N4O4/c1-12(22(29)30)23-9-8-16-19-14(13-5-2-3-6-15(13)24-19)11-18-20(27)25-10-4-7-17(25)21(28)26(16)18/h2-3,5-6,12,16-18,23-24H,4,7-11H2,1H3,(H,29,30)/t12-,16-,17+,18+/m1/s1. The summed E-state index contributed by atoms with van der Waals surface area (Å²) in [5, 5.41) is 13.3. The van der Waals surface area contributed by atoms with Gasteiger partial charge in [-0.3, -0.25) is 14.4 Å². The number of nitrogens with one attached hydrogen (secondary N) is 2. The molecule has 2 amide bonds. The summed E-state index contributed by atoms with van der Waals surface area (Å²) in [6, 6.07) is 6.22. The van der Waals surface area contributed by atoms with Crippen LogP contribution in [-0.4, -0.2) is 68.9 Å². The number of carboxylic acids is 1. The molecule has 2 aromatic rings. The number of aliphatic carboxylic acids is 1. The van der Waals surface area contributed by atoms with Crippen LogP contribution in [0.3, 0.4) is 0 Å². The molecule has 0 unspecified atom stereocenters. The van der Waals surface area contributed by atoms with Crippen LogP contribution in [0.15, 0.2) is 24.3 Å². The van der Waals surface area contributed by atoms with Crippen molar-refractivity contribution in [1.29, 1.82) is 0 Å². The Bertz CT molecular complexity index is 1030. The van der Waals surface area contributed by atoms with Gasteiger partial charge >= 0.3 is 5.97 Å². The molecule has 8 nitrogen and oxygen atoms in total. The third-order valence-electron chi connectivity index (χ3n) is 6.85. The zero-order chi connectivity index (χ0) is 21.0. The van der Waals surface area contributed by atoms with Gasteiger partial charge in [0.25, 0.3) is 0 Å². The minimum Gasteiger partial charge on any atom is -0.480 e. The van der Waals surface area contributed by atoms with E-state index in [9.17, 15) is 14.4 Å². The van der Waals surface area contributed by atoms with Crippen LogP contribution in [0.2, 0.25) is 0 Å². The molecule has 4 atom stereocenters. The molecule has 3 aliphatic rings. The summed E-state index contributed by atoms with van der Waals surface area (Å²) in [6.45, 7) is 2.70. The smallest absolute Gasteiger partial charge is 0.320 e. The molecular weight excluding hydrogens is 384 g/mol. The number of piperazine rings is 1. The predicted molar refractivity (Wildman–Crippen MR) is 110 cm³/mol. The number of aromatic nitrogens is 1. The number of hydrogen-bond donors (Lipinski definition) is 3. The van der Waals surface area contributed by atoms with Crippen molar-refractivity contribution < 1.29 is 19.5 Å². The van der Waals surface area contributed by atoms with Crippen LogP contribution >= 0.6 is 0 Å². The van der Waals surface area contributed by atoms with Crippen molar-refractivity contribution >= 4 is 28.7 Å². The lowest BCUT2D eigenvalue weighted by molar-refractivity contribution is -0.163. The predicted octanol–water partition coefficient (Wildman–Crippen LogP) is 1.42. The molecule has 0 bridgehead atoms. The number of hydrogen-bond acceptors (Lipinski definition) is 4. The van der Waals surface area contributed by atoms with E-state index in [1.165, 1.54) is 0 Å². The van der Waals surface area contributed by atoms with E-state index >= 15 is 0 Å². The molecule has 30 heavy (non-hydrogen) atoms. The summed E-state index contributed by atoms with van der Waals surface area (Å²) in [5.41, 5.74) is 3.08. The van der Waals surface area contributed by atoms with E-state index in [1.807, 2.05) is 18.2 Å². The first-order valence-electron chi connectivity index (χ1n) is 10.7.